The topological polar surface area (TPSA) is 79.8 Å². The maximum atomic E-state index is 14.0. The van der Waals surface area contributed by atoms with Crippen molar-refractivity contribution in [3.63, 3.8) is 0 Å². The Hall–Kier alpha value is -2.93. The van der Waals surface area contributed by atoms with Gasteiger partial charge in [-0.2, -0.15) is 5.10 Å². The molecule has 0 fully saturated rings. The third kappa shape index (κ3) is 3.33. The molecule has 1 aliphatic heterocycles. The van der Waals surface area contributed by atoms with Gasteiger partial charge in [0.25, 0.3) is 0 Å². The van der Waals surface area contributed by atoms with Gasteiger partial charge in [-0.05, 0) is 54.8 Å². The highest BCUT2D eigenvalue weighted by atomic mass is 35.5. The molecule has 0 saturated carbocycles. The summed E-state index contributed by atoms with van der Waals surface area (Å²) in [5.74, 6) is -0.680. The quantitative estimate of drug-likeness (QED) is 0.706. The van der Waals surface area contributed by atoms with Crippen molar-refractivity contribution in [3.05, 3.63) is 80.7 Å². The molecule has 0 radical (unpaired) electrons. The molecule has 4 rings (SSSR count). The SMILES string of the molecule is Cc1ccc(F)cc1[C@@H]1C(C(=O)Nc2cccc(Cl)c2)CCc2n[nH]c(=O)n21. The number of nitrogens with zero attached hydrogens (tertiary/aromatic N) is 2. The summed E-state index contributed by atoms with van der Waals surface area (Å²) in [6.45, 7) is 1.83. The summed E-state index contributed by atoms with van der Waals surface area (Å²) in [6, 6.07) is 10.6. The number of rotatable bonds is 3. The number of amides is 1. The lowest BCUT2D eigenvalue weighted by molar-refractivity contribution is -0.121. The molecule has 1 aliphatic rings. The van der Waals surface area contributed by atoms with E-state index in [0.29, 0.717) is 34.9 Å². The van der Waals surface area contributed by atoms with Crippen LogP contribution in [0.2, 0.25) is 5.02 Å². The number of anilines is 1. The molecule has 2 heterocycles. The Morgan fingerprint density at radius 1 is 1.32 bits per heavy atom. The smallest absolute Gasteiger partial charge is 0.326 e. The normalized spacial score (nSPS) is 18.5. The summed E-state index contributed by atoms with van der Waals surface area (Å²) < 4.78 is 15.5. The largest absolute Gasteiger partial charge is 0.343 e. The molecule has 1 amide bonds. The molecule has 1 aromatic heterocycles. The molecule has 2 N–H and O–H groups in total. The van der Waals surface area contributed by atoms with E-state index in [2.05, 4.69) is 15.5 Å². The van der Waals surface area contributed by atoms with Crippen LogP contribution in [0.25, 0.3) is 0 Å². The summed E-state index contributed by atoms with van der Waals surface area (Å²) in [5.41, 5.74) is 1.55. The number of nitrogens with one attached hydrogen (secondary N) is 2. The molecule has 8 heteroatoms. The van der Waals surface area contributed by atoms with Gasteiger partial charge in [-0.25, -0.2) is 14.3 Å². The van der Waals surface area contributed by atoms with Crippen LogP contribution in [0, 0.1) is 18.7 Å². The standard InChI is InChI=1S/C20H18ClFN4O2/c1-11-5-6-13(22)10-16(11)18-15(7-8-17-24-25-20(28)26(17)18)19(27)23-14-4-2-3-12(21)9-14/h2-6,9-10,15,18H,7-8H2,1H3,(H,23,27)(H,25,28)/t15?,18-/m0/s1. The fourth-order valence-corrected chi connectivity index (χ4v) is 3.97. The van der Waals surface area contributed by atoms with E-state index in [1.807, 2.05) is 6.92 Å². The Labute approximate surface area is 165 Å². The van der Waals surface area contributed by atoms with E-state index in [-0.39, 0.29) is 5.91 Å². The Morgan fingerprint density at radius 3 is 2.93 bits per heavy atom. The predicted octanol–water partition coefficient (Wildman–Crippen LogP) is 3.46. The number of fused-ring (bicyclic) bond motifs is 1. The summed E-state index contributed by atoms with van der Waals surface area (Å²) >= 11 is 6.00. The van der Waals surface area contributed by atoms with Crippen molar-refractivity contribution < 1.29 is 9.18 Å². The monoisotopic (exact) mass is 400 g/mol. The number of aromatic nitrogens is 3. The zero-order chi connectivity index (χ0) is 19.8. The molecule has 0 saturated heterocycles. The van der Waals surface area contributed by atoms with Crippen LogP contribution < -0.4 is 11.0 Å². The first-order valence-corrected chi connectivity index (χ1v) is 9.30. The first kappa shape index (κ1) is 18.4. The maximum Gasteiger partial charge on any atom is 0.343 e. The van der Waals surface area contributed by atoms with Gasteiger partial charge in [0.1, 0.15) is 11.6 Å². The van der Waals surface area contributed by atoms with Gasteiger partial charge in [-0.1, -0.05) is 23.7 Å². The zero-order valence-corrected chi connectivity index (χ0v) is 15.8. The van der Waals surface area contributed by atoms with Crippen LogP contribution in [0.4, 0.5) is 10.1 Å². The molecule has 144 valence electrons. The molecule has 28 heavy (non-hydrogen) atoms. The lowest BCUT2D eigenvalue weighted by Gasteiger charge is -2.32. The van der Waals surface area contributed by atoms with Gasteiger partial charge >= 0.3 is 5.69 Å². The summed E-state index contributed by atoms with van der Waals surface area (Å²) in [4.78, 5) is 25.5. The van der Waals surface area contributed by atoms with Crippen LogP contribution in [0.3, 0.4) is 0 Å². The lowest BCUT2D eigenvalue weighted by Crippen LogP contribution is -2.40. The Bertz CT molecular complexity index is 1110. The zero-order valence-electron chi connectivity index (χ0n) is 15.1. The van der Waals surface area contributed by atoms with Crippen molar-refractivity contribution in [2.45, 2.75) is 25.8 Å². The average molecular weight is 401 g/mol. The maximum absolute atomic E-state index is 14.0. The minimum atomic E-state index is -0.648. The van der Waals surface area contributed by atoms with Gasteiger partial charge in [0, 0.05) is 17.1 Å². The van der Waals surface area contributed by atoms with Crippen molar-refractivity contribution in [2.75, 3.05) is 5.32 Å². The predicted molar refractivity (Wildman–Crippen MR) is 104 cm³/mol. The number of hydrogen-bond acceptors (Lipinski definition) is 3. The number of hydrogen-bond donors (Lipinski definition) is 2. The highest BCUT2D eigenvalue weighted by Crippen LogP contribution is 2.36. The first-order valence-electron chi connectivity index (χ1n) is 8.92. The van der Waals surface area contributed by atoms with Crippen LogP contribution in [-0.4, -0.2) is 20.7 Å². The molecule has 1 unspecified atom stereocenters. The average Bonchev–Trinajstić information content (AvgIpc) is 3.04. The van der Waals surface area contributed by atoms with E-state index >= 15 is 0 Å². The van der Waals surface area contributed by atoms with Gasteiger partial charge in [-0.15, -0.1) is 0 Å². The van der Waals surface area contributed by atoms with Crippen molar-refractivity contribution >= 4 is 23.2 Å². The van der Waals surface area contributed by atoms with Crippen molar-refractivity contribution in [1.82, 2.24) is 14.8 Å². The van der Waals surface area contributed by atoms with Gasteiger partial charge in [0.2, 0.25) is 5.91 Å². The Balaban J connectivity index is 1.77. The fourth-order valence-electron chi connectivity index (χ4n) is 3.78. The molecule has 2 aromatic carbocycles. The van der Waals surface area contributed by atoms with Crippen molar-refractivity contribution in [2.24, 2.45) is 5.92 Å². The summed E-state index contributed by atoms with van der Waals surface area (Å²) in [5, 5.41) is 9.87. The van der Waals surface area contributed by atoms with Crippen molar-refractivity contribution in [1.29, 1.82) is 0 Å². The minimum Gasteiger partial charge on any atom is -0.326 e. The first-order chi connectivity index (χ1) is 13.4. The molecule has 2 atom stereocenters. The van der Waals surface area contributed by atoms with E-state index in [0.717, 1.165) is 5.56 Å². The number of carbonyl (C=O) groups is 1. The van der Waals surface area contributed by atoms with E-state index in [4.69, 9.17) is 11.6 Å². The van der Waals surface area contributed by atoms with Gasteiger partial charge in [0.05, 0.1) is 12.0 Å². The summed E-state index contributed by atoms with van der Waals surface area (Å²) in [6.07, 6.45) is 0.953. The second kappa shape index (κ2) is 7.24. The van der Waals surface area contributed by atoms with E-state index in [9.17, 15) is 14.0 Å². The highest BCUT2D eigenvalue weighted by Gasteiger charge is 2.38. The minimum absolute atomic E-state index is 0.255. The van der Waals surface area contributed by atoms with Crippen molar-refractivity contribution in [3.8, 4) is 0 Å². The van der Waals surface area contributed by atoms with E-state index in [1.165, 1.54) is 16.7 Å². The van der Waals surface area contributed by atoms with Gasteiger partial charge in [-0.3, -0.25) is 9.36 Å². The van der Waals surface area contributed by atoms with Crippen LogP contribution in [-0.2, 0) is 11.2 Å². The molecule has 6 nitrogen and oxygen atoms in total. The van der Waals surface area contributed by atoms with E-state index < -0.39 is 23.5 Å². The number of benzene rings is 2. The second-order valence-corrected chi connectivity index (χ2v) is 7.34. The number of aromatic amines is 1. The third-order valence-corrected chi connectivity index (χ3v) is 5.34. The molecular formula is C20H18ClFN4O2. The second-order valence-electron chi connectivity index (χ2n) is 6.91. The molecule has 0 bridgehead atoms. The number of carbonyl (C=O) groups excluding carboxylic acids is 1. The van der Waals surface area contributed by atoms with Crippen LogP contribution in [0.15, 0.2) is 47.3 Å². The van der Waals surface area contributed by atoms with Gasteiger partial charge in [0.15, 0.2) is 0 Å². The lowest BCUT2D eigenvalue weighted by atomic mass is 9.83. The number of H-pyrrole nitrogens is 1. The molecular weight excluding hydrogens is 383 g/mol. The number of aryl methyl sites for hydroxylation is 2. The Kier molecular flexibility index (Phi) is 4.77. The highest BCUT2D eigenvalue weighted by molar-refractivity contribution is 6.30. The summed E-state index contributed by atoms with van der Waals surface area (Å²) in [7, 11) is 0. The fraction of sp³-hybridized carbons (Fsp3) is 0.250. The van der Waals surface area contributed by atoms with Crippen LogP contribution in [0.5, 0.6) is 0 Å². The van der Waals surface area contributed by atoms with Gasteiger partial charge < -0.3 is 5.32 Å². The van der Waals surface area contributed by atoms with E-state index in [1.54, 1.807) is 30.3 Å². The molecule has 3 aromatic rings. The van der Waals surface area contributed by atoms with Crippen LogP contribution in [0.1, 0.15) is 29.4 Å². The third-order valence-electron chi connectivity index (χ3n) is 5.10. The molecule has 0 spiro atoms. The Morgan fingerprint density at radius 2 is 2.14 bits per heavy atom. The van der Waals surface area contributed by atoms with Crippen LogP contribution >= 0.6 is 11.6 Å². The molecule has 0 aliphatic carbocycles. The number of halogens is 2.